The lowest BCUT2D eigenvalue weighted by Gasteiger charge is -2.15. The lowest BCUT2D eigenvalue weighted by molar-refractivity contribution is 0.0796. The molecular formula is C14H19N3OS2. The molecule has 2 heterocycles. The van der Waals surface area contributed by atoms with E-state index in [1.807, 2.05) is 24.9 Å². The third-order valence-corrected chi connectivity index (χ3v) is 5.01. The Morgan fingerprint density at radius 2 is 2.15 bits per heavy atom. The molecule has 2 rings (SSSR count). The Bertz CT molecular complexity index is 589. The summed E-state index contributed by atoms with van der Waals surface area (Å²) in [6, 6.07) is 0. The molecule has 2 aromatic rings. The zero-order valence-electron chi connectivity index (χ0n) is 12.2. The van der Waals surface area contributed by atoms with Crippen molar-refractivity contribution in [1.29, 1.82) is 0 Å². The van der Waals surface area contributed by atoms with Gasteiger partial charge in [0.15, 0.2) is 5.01 Å². The second kappa shape index (κ2) is 6.45. The first-order valence-corrected chi connectivity index (χ1v) is 8.34. The van der Waals surface area contributed by atoms with Crippen LogP contribution in [0.5, 0.6) is 0 Å². The summed E-state index contributed by atoms with van der Waals surface area (Å²) in [5.74, 6) is 0.363. The molecule has 0 radical (unpaired) electrons. The molecule has 0 N–H and O–H groups in total. The Morgan fingerprint density at radius 1 is 1.40 bits per heavy atom. The Morgan fingerprint density at radius 3 is 2.70 bits per heavy atom. The summed E-state index contributed by atoms with van der Waals surface area (Å²) < 4.78 is 0. The molecule has 0 spiro atoms. The van der Waals surface area contributed by atoms with E-state index in [1.54, 1.807) is 16.2 Å². The first-order chi connectivity index (χ1) is 9.49. The summed E-state index contributed by atoms with van der Waals surface area (Å²) in [6.07, 6.45) is 0.848. The Labute approximate surface area is 127 Å². The van der Waals surface area contributed by atoms with Crippen molar-refractivity contribution < 1.29 is 4.79 Å². The van der Waals surface area contributed by atoms with E-state index in [0.717, 1.165) is 17.8 Å². The molecule has 0 bridgehead atoms. The van der Waals surface area contributed by atoms with Crippen LogP contribution < -0.4 is 0 Å². The first kappa shape index (κ1) is 15.1. The number of hydrogen-bond donors (Lipinski definition) is 0. The number of aromatic nitrogens is 2. The summed E-state index contributed by atoms with van der Waals surface area (Å²) >= 11 is 3.07. The van der Waals surface area contributed by atoms with Gasteiger partial charge < -0.3 is 4.90 Å². The van der Waals surface area contributed by atoms with E-state index in [4.69, 9.17) is 0 Å². The van der Waals surface area contributed by atoms with Crippen molar-refractivity contribution in [1.82, 2.24) is 14.9 Å². The second-order valence-corrected chi connectivity index (χ2v) is 6.87. The van der Waals surface area contributed by atoms with E-state index >= 15 is 0 Å². The molecule has 0 saturated heterocycles. The molecule has 0 fully saturated rings. The minimum atomic E-state index is 0.00377. The van der Waals surface area contributed by atoms with Crippen LogP contribution in [-0.2, 0) is 6.42 Å². The highest BCUT2D eigenvalue weighted by Gasteiger charge is 2.17. The van der Waals surface area contributed by atoms with Crippen LogP contribution in [-0.4, -0.2) is 34.4 Å². The fourth-order valence-electron chi connectivity index (χ4n) is 1.75. The van der Waals surface area contributed by atoms with Gasteiger partial charge in [0.05, 0.1) is 16.9 Å². The molecule has 0 atom stereocenters. The summed E-state index contributed by atoms with van der Waals surface area (Å²) in [7, 11) is 1.83. The number of thiazole rings is 2. The summed E-state index contributed by atoms with van der Waals surface area (Å²) in [6.45, 7) is 6.86. The van der Waals surface area contributed by atoms with Gasteiger partial charge in [-0.05, 0) is 12.8 Å². The van der Waals surface area contributed by atoms with Crippen LogP contribution >= 0.6 is 22.7 Å². The van der Waals surface area contributed by atoms with Gasteiger partial charge in [-0.3, -0.25) is 4.79 Å². The third kappa shape index (κ3) is 3.43. The zero-order chi connectivity index (χ0) is 14.7. The molecule has 20 heavy (non-hydrogen) atoms. The van der Waals surface area contributed by atoms with Crippen LogP contribution in [0.15, 0.2) is 10.9 Å². The minimum absolute atomic E-state index is 0.00377. The Hall–Kier alpha value is -1.27. The highest BCUT2D eigenvalue weighted by atomic mass is 32.1. The summed E-state index contributed by atoms with van der Waals surface area (Å²) in [5, 5.41) is 2.55. The topological polar surface area (TPSA) is 46.1 Å². The number of nitrogens with zero attached hydrogens (tertiary/aromatic N) is 3. The van der Waals surface area contributed by atoms with Gasteiger partial charge in [-0.1, -0.05) is 13.8 Å². The molecule has 2 aromatic heterocycles. The van der Waals surface area contributed by atoms with Crippen LogP contribution in [0.2, 0.25) is 0 Å². The monoisotopic (exact) mass is 309 g/mol. The average molecular weight is 309 g/mol. The number of likely N-dealkylation sites (N-methyl/N-ethyl adjacent to an activating group) is 1. The maximum Gasteiger partial charge on any atom is 0.282 e. The number of rotatable bonds is 5. The molecular weight excluding hydrogens is 290 g/mol. The number of aryl methyl sites for hydroxylation is 1. The van der Waals surface area contributed by atoms with Gasteiger partial charge in [-0.15, -0.1) is 22.7 Å². The van der Waals surface area contributed by atoms with E-state index in [0.29, 0.717) is 17.5 Å². The molecule has 108 valence electrons. The quantitative estimate of drug-likeness (QED) is 0.851. The predicted molar refractivity (Wildman–Crippen MR) is 83.7 cm³/mol. The number of amides is 1. The molecule has 0 aromatic carbocycles. The molecule has 0 aliphatic heterocycles. The fraction of sp³-hybridized carbons (Fsp3) is 0.500. The van der Waals surface area contributed by atoms with E-state index in [-0.39, 0.29) is 5.91 Å². The van der Waals surface area contributed by atoms with Crippen molar-refractivity contribution in [3.8, 4) is 0 Å². The van der Waals surface area contributed by atoms with Gasteiger partial charge >= 0.3 is 0 Å². The van der Waals surface area contributed by atoms with E-state index < -0.39 is 0 Å². The second-order valence-electron chi connectivity index (χ2n) is 5.07. The molecule has 6 heteroatoms. The number of hydrogen-bond acceptors (Lipinski definition) is 5. The molecule has 4 nitrogen and oxygen atoms in total. The van der Waals surface area contributed by atoms with E-state index in [1.165, 1.54) is 16.2 Å². The lowest BCUT2D eigenvalue weighted by atomic mass is 10.2. The molecule has 0 saturated carbocycles. The van der Waals surface area contributed by atoms with Gasteiger partial charge in [0, 0.05) is 30.3 Å². The van der Waals surface area contributed by atoms with Gasteiger partial charge in [0.2, 0.25) is 0 Å². The van der Waals surface area contributed by atoms with Crippen molar-refractivity contribution in [2.24, 2.45) is 0 Å². The van der Waals surface area contributed by atoms with Crippen molar-refractivity contribution in [2.75, 3.05) is 13.6 Å². The highest BCUT2D eigenvalue weighted by molar-refractivity contribution is 7.11. The van der Waals surface area contributed by atoms with Crippen molar-refractivity contribution in [2.45, 2.75) is 33.1 Å². The highest BCUT2D eigenvalue weighted by Crippen LogP contribution is 2.19. The van der Waals surface area contributed by atoms with Crippen LogP contribution in [0.25, 0.3) is 0 Å². The maximum absolute atomic E-state index is 12.3. The number of carbonyl (C=O) groups excluding carboxylic acids is 1. The van der Waals surface area contributed by atoms with Crippen LogP contribution in [0, 0.1) is 6.92 Å². The van der Waals surface area contributed by atoms with Crippen LogP contribution in [0.4, 0.5) is 0 Å². The Balaban J connectivity index is 1.96. The SMILES string of the molecule is Cc1ncsc1CCN(C)C(=O)c1nc(C(C)C)cs1. The summed E-state index contributed by atoms with van der Waals surface area (Å²) in [4.78, 5) is 23.9. The van der Waals surface area contributed by atoms with Crippen molar-refractivity contribution >= 4 is 28.6 Å². The third-order valence-electron chi connectivity index (χ3n) is 3.16. The maximum atomic E-state index is 12.3. The largest absolute Gasteiger partial charge is 0.339 e. The van der Waals surface area contributed by atoms with Crippen LogP contribution in [0.1, 0.15) is 45.8 Å². The minimum Gasteiger partial charge on any atom is -0.339 e. The molecule has 0 aliphatic rings. The normalized spacial score (nSPS) is 11.1. The van der Waals surface area contributed by atoms with Gasteiger partial charge in [-0.25, -0.2) is 9.97 Å². The lowest BCUT2D eigenvalue weighted by Crippen LogP contribution is -2.28. The van der Waals surface area contributed by atoms with Gasteiger partial charge in [-0.2, -0.15) is 0 Å². The molecule has 0 aliphatic carbocycles. The zero-order valence-corrected chi connectivity index (χ0v) is 13.8. The van der Waals surface area contributed by atoms with Crippen molar-refractivity contribution in [3.63, 3.8) is 0 Å². The molecule has 0 unspecified atom stereocenters. The van der Waals surface area contributed by atoms with E-state index in [9.17, 15) is 4.79 Å². The predicted octanol–water partition coefficient (Wildman–Crippen LogP) is 3.35. The fourth-order valence-corrected chi connectivity index (χ4v) is 3.49. The molecule has 1 amide bonds. The summed E-state index contributed by atoms with van der Waals surface area (Å²) in [5.41, 5.74) is 3.90. The van der Waals surface area contributed by atoms with Gasteiger partial charge in [0.25, 0.3) is 5.91 Å². The van der Waals surface area contributed by atoms with Gasteiger partial charge in [0.1, 0.15) is 0 Å². The smallest absolute Gasteiger partial charge is 0.282 e. The number of carbonyl (C=O) groups is 1. The Kier molecular flexibility index (Phi) is 4.88. The first-order valence-electron chi connectivity index (χ1n) is 6.59. The average Bonchev–Trinajstić information content (AvgIpc) is 3.04. The van der Waals surface area contributed by atoms with Crippen LogP contribution in [0.3, 0.4) is 0 Å². The van der Waals surface area contributed by atoms with Crippen molar-refractivity contribution in [3.05, 3.63) is 32.2 Å². The van der Waals surface area contributed by atoms with E-state index in [2.05, 4.69) is 23.8 Å². The standard InChI is InChI=1S/C14H19N3OS2/c1-9(2)11-7-19-13(16-11)14(18)17(4)6-5-12-10(3)15-8-20-12/h7-9H,5-6H2,1-4H3.